The van der Waals surface area contributed by atoms with Gasteiger partial charge in [-0.3, -0.25) is 0 Å². The van der Waals surface area contributed by atoms with Crippen molar-refractivity contribution in [1.29, 1.82) is 0 Å². The molecule has 2 aliphatic rings. The summed E-state index contributed by atoms with van der Waals surface area (Å²) in [6, 6.07) is 3.41. The monoisotopic (exact) mass is 706 g/mol. The van der Waals surface area contributed by atoms with Gasteiger partial charge in [0, 0.05) is 19.7 Å². The van der Waals surface area contributed by atoms with Crippen molar-refractivity contribution < 1.29 is 24.5 Å². The average Bonchev–Trinajstić information content (AvgIpc) is 3.48. The summed E-state index contributed by atoms with van der Waals surface area (Å²) >= 11 is 9.17. The Balaban J connectivity index is 0.000000226. The molecule has 0 amide bonds. The van der Waals surface area contributed by atoms with Crippen LogP contribution in [-0.4, -0.2) is 34.4 Å². The molecule has 2 aromatic heterocycles. The lowest BCUT2D eigenvalue weighted by Gasteiger charge is -2.36. The first-order valence-corrected chi connectivity index (χ1v) is 17.2. The second-order valence-corrected chi connectivity index (χ2v) is 15.4. The van der Waals surface area contributed by atoms with E-state index in [2.05, 4.69) is 73.4 Å². The number of aliphatic hydroxyl groups excluding tert-OH is 1. The Hall–Kier alpha value is -0.740. The zero-order valence-corrected chi connectivity index (χ0v) is 28.7. The Morgan fingerprint density at radius 2 is 1.33 bits per heavy atom. The zero-order chi connectivity index (χ0) is 29.3. The summed E-state index contributed by atoms with van der Waals surface area (Å²) in [6.45, 7) is 13.4. The van der Waals surface area contributed by atoms with Gasteiger partial charge in [0.15, 0.2) is 0 Å². The normalized spacial score (nSPS) is 26.7. The molecule has 9 heteroatoms. The van der Waals surface area contributed by atoms with Crippen molar-refractivity contribution in [3.63, 3.8) is 0 Å². The predicted molar refractivity (Wildman–Crippen MR) is 169 cm³/mol. The lowest BCUT2D eigenvalue weighted by atomic mass is 9.75. The Kier molecular flexibility index (Phi) is 14.7. The Bertz CT molecular complexity index is 1030. The molecule has 0 bridgehead atoms. The van der Waals surface area contributed by atoms with Crippen LogP contribution in [0.2, 0.25) is 0 Å². The van der Waals surface area contributed by atoms with Crippen molar-refractivity contribution in [3.8, 4) is 0 Å². The van der Waals surface area contributed by atoms with E-state index in [4.69, 9.17) is 9.84 Å². The highest BCUT2D eigenvalue weighted by Gasteiger charge is 2.34. The average molecular weight is 709 g/mol. The third-order valence-corrected chi connectivity index (χ3v) is 11.1. The molecular weight excluding hydrogens is 664 g/mol. The molecule has 2 aromatic rings. The number of carbonyl (C=O) groups excluding carboxylic acids is 1. The fourth-order valence-electron chi connectivity index (χ4n) is 5.44. The predicted octanol–water partition coefficient (Wildman–Crippen LogP) is 9.78. The third-order valence-electron chi connectivity index (χ3n) is 7.75. The number of ether oxygens (including phenoxy) is 1. The molecule has 220 valence electrons. The highest BCUT2D eigenvalue weighted by atomic mass is 79.9. The van der Waals surface area contributed by atoms with Crippen molar-refractivity contribution in [3.05, 3.63) is 41.6 Å². The van der Waals surface area contributed by atoms with Crippen molar-refractivity contribution in [2.75, 3.05) is 0 Å². The van der Waals surface area contributed by atoms with E-state index in [1.54, 1.807) is 11.4 Å². The molecule has 0 aromatic carbocycles. The largest absolute Gasteiger partial charge is 0.477 e. The van der Waals surface area contributed by atoms with E-state index >= 15 is 0 Å². The molecule has 0 aliphatic heterocycles. The van der Waals surface area contributed by atoms with Gasteiger partial charge in [0.1, 0.15) is 15.9 Å². The van der Waals surface area contributed by atoms with E-state index in [0.717, 1.165) is 27.7 Å². The van der Waals surface area contributed by atoms with Crippen molar-refractivity contribution in [2.24, 2.45) is 35.5 Å². The minimum Gasteiger partial charge on any atom is -0.477 e. The van der Waals surface area contributed by atoms with E-state index in [1.807, 2.05) is 11.4 Å². The van der Waals surface area contributed by atoms with Crippen molar-refractivity contribution >= 4 is 66.5 Å². The van der Waals surface area contributed by atoms with Gasteiger partial charge in [0.05, 0.1) is 6.10 Å². The lowest BCUT2D eigenvalue weighted by Crippen LogP contribution is -2.35. The fourth-order valence-corrected chi connectivity index (χ4v) is 8.01. The smallest absolute Gasteiger partial charge is 0.348 e. The summed E-state index contributed by atoms with van der Waals surface area (Å²) in [6.07, 6.45) is 7.02. The summed E-state index contributed by atoms with van der Waals surface area (Å²) in [5.41, 5.74) is 0. The summed E-state index contributed by atoms with van der Waals surface area (Å²) in [7, 11) is 0. The number of thiophene rings is 2. The van der Waals surface area contributed by atoms with E-state index in [9.17, 15) is 14.7 Å². The Morgan fingerprint density at radius 1 is 0.846 bits per heavy atom. The number of carboxylic acids is 1. The highest BCUT2D eigenvalue weighted by molar-refractivity contribution is 9.10. The SMILES string of the molecule is CC(C)[C@@H]1CC[C@@H](C)C[C@H]1O.CC(C)[C@@H]1CC[C@@H](C)C[C@H]1OC(=O)c1cc(Br)cs1.O=C(O)c1cc(Br)cs1. The topological polar surface area (TPSA) is 83.8 Å². The maximum absolute atomic E-state index is 12.2. The lowest BCUT2D eigenvalue weighted by molar-refractivity contribution is -0.0169. The van der Waals surface area contributed by atoms with Crippen LogP contribution >= 0.6 is 54.5 Å². The number of esters is 1. The number of aliphatic hydroxyl groups is 1. The van der Waals surface area contributed by atoms with Gasteiger partial charge in [-0.15, -0.1) is 22.7 Å². The summed E-state index contributed by atoms with van der Waals surface area (Å²) in [4.78, 5) is 23.4. The number of carboxylic acid groups (broad SMARTS) is 1. The van der Waals surface area contributed by atoms with E-state index < -0.39 is 5.97 Å². The van der Waals surface area contributed by atoms with Crippen LogP contribution in [0, 0.1) is 35.5 Å². The summed E-state index contributed by atoms with van der Waals surface area (Å²) in [5.74, 6) is 2.64. The molecular formula is C30H44Br2O5S2. The van der Waals surface area contributed by atoms with Gasteiger partial charge in [-0.05, 0) is 105 Å². The van der Waals surface area contributed by atoms with Gasteiger partial charge >= 0.3 is 11.9 Å². The minimum atomic E-state index is -0.870. The van der Waals surface area contributed by atoms with Crippen molar-refractivity contribution in [1.82, 2.24) is 0 Å². The molecule has 0 radical (unpaired) electrons. The first-order valence-electron chi connectivity index (χ1n) is 13.9. The Labute approximate surface area is 259 Å². The second kappa shape index (κ2) is 16.6. The quantitative estimate of drug-likeness (QED) is 0.302. The van der Waals surface area contributed by atoms with Crippen LogP contribution in [0.1, 0.15) is 99.4 Å². The number of hydrogen-bond acceptors (Lipinski definition) is 6. The molecule has 39 heavy (non-hydrogen) atoms. The number of rotatable bonds is 5. The first kappa shape index (κ1) is 34.5. The number of hydrogen-bond donors (Lipinski definition) is 2. The molecule has 2 heterocycles. The highest BCUT2D eigenvalue weighted by Crippen LogP contribution is 2.36. The van der Waals surface area contributed by atoms with Crippen LogP contribution in [0.15, 0.2) is 31.8 Å². The van der Waals surface area contributed by atoms with Gasteiger partial charge in [-0.1, -0.05) is 54.4 Å². The zero-order valence-electron chi connectivity index (χ0n) is 23.9. The number of halogens is 2. The maximum atomic E-state index is 12.2. The summed E-state index contributed by atoms with van der Waals surface area (Å²) < 4.78 is 7.56. The van der Waals surface area contributed by atoms with Crippen LogP contribution in [0.25, 0.3) is 0 Å². The van der Waals surface area contributed by atoms with E-state index in [1.165, 1.54) is 48.4 Å². The van der Waals surface area contributed by atoms with Gasteiger partial charge in [-0.25, -0.2) is 9.59 Å². The molecule has 0 saturated heterocycles. The molecule has 2 N–H and O–H groups in total. The second-order valence-electron chi connectivity index (χ2n) is 11.7. The van der Waals surface area contributed by atoms with Crippen LogP contribution in [0.5, 0.6) is 0 Å². The van der Waals surface area contributed by atoms with Crippen LogP contribution in [-0.2, 0) is 4.74 Å². The summed E-state index contributed by atoms with van der Waals surface area (Å²) in [5, 5.41) is 21.8. The molecule has 6 atom stereocenters. The Morgan fingerprint density at radius 3 is 1.74 bits per heavy atom. The van der Waals surface area contributed by atoms with Crippen LogP contribution in [0.3, 0.4) is 0 Å². The number of aromatic carboxylic acids is 1. The standard InChI is InChI=1S/C15H21BrO2S.C10H20O.C5H3BrO2S/c1-9(2)12-5-4-10(3)6-13(12)18-15(17)14-7-11(16)8-19-14;1-7(2)9-5-4-8(3)6-10(9)11;6-3-1-4(5(7)8)9-2-3/h7-10,12-13H,4-6H2,1-3H3;7-11H,4-6H2,1-3H3;1-2H,(H,7,8)/t10-,12+,13-;8-,9+,10-;/m11./s1. The molecule has 4 rings (SSSR count). The van der Waals surface area contributed by atoms with E-state index in [0.29, 0.717) is 39.3 Å². The van der Waals surface area contributed by atoms with E-state index in [-0.39, 0.29) is 18.2 Å². The molecule has 0 unspecified atom stereocenters. The van der Waals surface area contributed by atoms with Gasteiger partial charge in [0.25, 0.3) is 0 Å². The van der Waals surface area contributed by atoms with Gasteiger partial charge < -0.3 is 14.9 Å². The molecule has 0 spiro atoms. The van der Waals surface area contributed by atoms with Crippen LogP contribution < -0.4 is 0 Å². The fraction of sp³-hybridized carbons (Fsp3) is 0.667. The van der Waals surface area contributed by atoms with Gasteiger partial charge in [0.2, 0.25) is 0 Å². The first-order chi connectivity index (χ1) is 18.3. The van der Waals surface area contributed by atoms with Crippen molar-refractivity contribution in [2.45, 2.75) is 92.3 Å². The maximum Gasteiger partial charge on any atom is 0.348 e. The molecule has 2 aliphatic carbocycles. The van der Waals surface area contributed by atoms with Gasteiger partial charge in [-0.2, -0.15) is 0 Å². The van der Waals surface area contributed by atoms with Crippen LogP contribution in [0.4, 0.5) is 0 Å². The molecule has 2 fully saturated rings. The number of carbonyl (C=O) groups is 2. The third kappa shape index (κ3) is 11.6. The molecule has 2 saturated carbocycles. The minimum absolute atomic E-state index is 0.0289. The molecule has 5 nitrogen and oxygen atoms in total.